The largest absolute Gasteiger partial charge is 0.491 e. The van der Waals surface area contributed by atoms with E-state index in [9.17, 15) is 13.2 Å². The van der Waals surface area contributed by atoms with Gasteiger partial charge in [0.25, 0.3) is 5.88 Å². The van der Waals surface area contributed by atoms with Crippen LogP contribution in [0.1, 0.15) is 57.1 Å². The van der Waals surface area contributed by atoms with Crippen LogP contribution < -0.4 is 14.2 Å². The molecule has 1 amide bonds. The first-order valence-corrected chi connectivity index (χ1v) is 13.9. The standard InChI is InChI=1S/C23H35N3O7S/c1-15-13-19(25-34(3,28)29)20-14-33-17-7-5-16(6-8-17)18-9-10-21(30-2)22(24-18)31-11-4-12-32-23(27)26(15)20/h9-10,15-17,19-20,25H,4-8,11-14H2,1-3H3/t15-,16?,17?,19+,20?/m1/s1. The minimum Gasteiger partial charge on any atom is -0.491 e. The molecule has 34 heavy (non-hydrogen) atoms. The van der Waals surface area contributed by atoms with Crippen LogP contribution in [0.4, 0.5) is 4.79 Å². The molecule has 5 rings (SSSR count). The summed E-state index contributed by atoms with van der Waals surface area (Å²) in [4.78, 5) is 19.3. The highest BCUT2D eigenvalue weighted by atomic mass is 32.2. The van der Waals surface area contributed by atoms with Crippen molar-refractivity contribution in [2.45, 2.75) is 75.6 Å². The van der Waals surface area contributed by atoms with Gasteiger partial charge in [0, 0.05) is 30.1 Å². The molecule has 1 N–H and O–H groups in total. The minimum absolute atomic E-state index is 0.0496. The average Bonchev–Trinajstić information content (AvgIpc) is 3.10. The number of pyridine rings is 1. The summed E-state index contributed by atoms with van der Waals surface area (Å²) in [6.45, 7) is 2.66. The average molecular weight is 498 g/mol. The van der Waals surface area contributed by atoms with Gasteiger partial charge < -0.3 is 18.9 Å². The van der Waals surface area contributed by atoms with Gasteiger partial charge in [-0.05, 0) is 51.2 Å². The molecule has 1 saturated carbocycles. The molecule has 1 unspecified atom stereocenters. The molecule has 190 valence electrons. The number of nitrogens with one attached hydrogen (secondary N) is 1. The second-order valence-electron chi connectivity index (χ2n) is 9.42. The van der Waals surface area contributed by atoms with E-state index in [-0.39, 0.29) is 25.4 Å². The zero-order chi connectivity index (χ0) is 24.3. The Labute approximate surface area is 201 Å². The van der Waals surface area contributed by atoms with E-state index in [0.29, 0.717) is 37.0 Å². The van der Waals surface area contributed by atoms with Gasteiger partial charge in [0.15, 0.2) is 5.75 Å². The Kier molecular flexibility index (Phi) is 7.83. The molecule has 1 saturated heterocycles. The fraction of sp³-hybridized carbons (Fsp3) is 0.739. The van der Waals surface area contributed by atoms with E-state index in [2.05, 4.69) is 4.72 Å². The molecular formula is C23H35N3O7S. The van der Waals surface area contributed by atoms with Gasteiger partial charge in [0.1, 0.15) is 0 Å². The number of carbonyl (C=O) groups is 1. The molecule has 10 nitrogen and oxygen atoms in total. The summed E-state index contributed by atoms with van der Waals surface area (Å²) < 4.78 is 49.6. The lowest BCUT2D eigenvalue weighted by atomic mass is 9.85. The highest BCUT2D eigenvalue weighted by molar-refractivity contribution is 7.88. The number of aromatic nitrogens is 1. The number of hydrogen-bond donors (Lipinski definition) is 1. The van der Waals surface area contributed by atoms with E-state index in [1.54, 1.807) is 12.0 Å². The van der Waals surface area contributed by atoms with Gasteiger partial charge in [-0.25, -0.2) is 22.9 Å². The Balaban J connectivity index is 1.53. The highest BCUT2D eigenvalue weighted by Gasteiger charge is 2.44. The topological polar surface area (TPSA) is 116 Å². The van der Waals surface area contributed by atoms with Crippen molar-refractivity contribution in [3.63, 3.8) is 0 Å². The summed E-state index contributed by atoms with van der Waals surface area (Å²) in [6, 6.07) is 2.86. The molecule has 4 heterocycles. The maximum atomic E-state index is 13.0. The molecule has 3 atom stereocenters. The van der Waals surface area contributed by atoms with Crippen molar-refractivity contribution in [3.05, 3.63) is 17.8 Å². The predicted octanol–water partition coefficient (Wildman–Crippen LogP) is 2.43. The maximum Gasteiger partial charge on any atom is 0.410 e. The first-order chi connectivity index (χ1) is 16.2. The molecule has 4 aliphatic rings. The zero-order valence-electron chi connectivity index (χ0n) is 20.1. The molecule has 4 bridgehead atoms. The van der Waals surface area contributed by atoms with Gasteiger partial charge in [0.05, 0.1) is 45.3 Å². The third-order valence-corrected chi connectivity index (χ3v) is 7.61. The minimum atomic E-state index is -3.43. The van der Waals surface area contributed by atoms with Crippen LogP contribution >= 0.6 is 0 Å². The lowest BCUT2D eigenvalue weighted by molar-refractivity contribution is -0.0107. The fourth-order valence-corrected chi connectivity index (χ4v) is 6.03. The smallest absolute Gasteiger partial charge is 0.410 e. The molecule has 0 radical (unpaired) electrons. The van der Waals surface area contributed by atoms with Gasteiger partial charge in [0.2, 0.25) is 10.0 Å². The highest BCUT2D eigenvalue weighted by Crippen LogP contribution is 2.36. The van der Waals surface area contributed by atoms with E-state index >= 15 is 0 Å². The fourth-order valence-electron chi connectivity index (χ4n) is 5.22. The van der Waals surface area contributed by atoms with Crippen LogP contribution in [0.2, 0.25) is 0 Å². The third-order valence-electron chi connectivity index (χ3n) is 6.88. The number of nitrogens with zero attached hydrogens (tertiary/aromatic N) is 2. The maximum absolute atomic E-state index is 13.0. The second kappa shape index (κ2) is 10.7. The Bertz CT molecular complexity index is 965. The van der Waals surface area contributed by atoms with Crippen LogP contribution in [0.5, 0.6) is 11.6 Å². The van der Waals surface area contributed by atoms with Crippen LogP contribution in [-0.2, 0) is 19.5 Å². The number of methoxy groups -OCH3 is 1. The van der Waals surface area contributed by atoms with E-state index in [1.165, 1.54) is 0 Å². The number of rotatable bonds is 3. The zero-order valence-corrected chi connectivity index (χ0v) is 20.9. The van der Waals surface area contributed by atoms with Crippen LogP contribution in [0.15, 0.2) is 12.1 Å². The lowest BCUT2D eigenvalue weighted by Gasteiger charge is -2.33. The summed E-state index contributed by atoms with van der Waals surface area (Å²) in [5.74, 6) is 1.35. The number of hydrogen-bond acceptors (Lipinski definition) is 8. The first-order valence-electron chi connectivity index (χ1n) is 12.0. The molecule has 11 heteroatoms. The van der Waals surface area contributed by atoms with Crippen LogP contribution in [0.25, 0.3) is 0 Å². The van der Waals surface area contributed by atoms with E-state index in [1.807, 2.05) is 19.1 Å². The summed E-state index contributed by atoms with van der Waals surface area (Å²) in [5.41, 5.74) is 0.984. The SMILES string of the molecule is COc1ccc2nc1OCCCOC(=O)N1C(COC3CCC2CC3)[C@@H](NS(C)(=O)=O)C[C@H]1C. The van der Waals surface area contributed by atoms with Crippen LogP contribution in [0.3, 0.4) is 0 Å². The van der Waals surface area contributed by atoms with Gasteiger partial charge in [-0.3, -0.25) is 4.90 Å². The number of sulfonamides is 1. The molecule has 1 aliphatic carbocycles. The third kappa shape index (κ3) is 5.92. The Morgan fingerprint density at radius 1 is 1.15 bits per heavy atom. The Hall–Kier alpha value is -2.11. The molecular weight excluding hydrogens is 462 g/mol. The van der Waals surface area contributed by atoms with Gasteiger partial charge >= 0.3 is 6.09 Å². The Morgan fingerprint density at radius 2 is 1.88 bits per heavy atom. The summed E-state index contributed by atoms with van der Waals surface area (Å²) in [7, 11) is -1.85. The monoisotopic (exact) mass is 497 g/mol. The molecule has 0 aromatic carbocycles. The van der Waals surface area contributed by atoms with E-state index in [0.717, 1.165) is 37.6 Å². The predicted molar refractivity (Wildman–Crippen MR) is 125 cm³/mol. The number of ether oxygens (including phenoxy) is 4. The van der Waals surface area contributed by atoms with E-state index < -0.39 is 28.2 Å². The second-order valence-corrected chi connectivity index (χ2v) is 11.2. The number of carbonyl (C=O) groups excluding carboxylic acids is 1. The summed E-state index contributed by atoms with van der Waals surface area (Å²) >= 11 is 0. The van der Waals surface area contributed by atoms with Gasteiger partial charge in [-0.1, -0.05) is 0 Å². The lowest BCUT2D eigenvalue weighted by Crippen LogP contribution is -2.50. The van der Waals surface area contributed by atoms with Crippen molar-refractivity contribution in [1.82, 2.24) is 14.6 Å². The van der Waals surface area contributed by atoms with E-state index in [4.69, 9.17) is 23.9 Å². The molecule has 1 aromatic heterocycles. The summed E-state index contributed by atoms with van der Waals surface area (Å²) in [5, 5.41) is 0. The van der Waals surface area contributed by atoms with Crippen LogP contribution in [-0.4, -0.2) is 81.8 Å². The van der Waals surface area contributed by atoms with Gasteiger partial charge in [-0.15, -0.1) is 0 Å². The van der Waals surface area contributed by atoms with Crippen molar-refractivity contribution in [2.75, 3.05) is 33.2 Å². The van der Waals surface area contributed by atoms with Gasteiger partial charge in [-0.2, -0.15) is 0 Å². The Morgan fingerprint density at radius 3 is 2.59 bits per heavy atom. The number of amides is 1. The molecule has 2 fully saturated rings. The summed E-state index contributed by atoms with van der Waals surface area (Å²) in [6.07, 6.45) is 5.31. The van der Waals surface area contributed by atoms with Crippen molar-refractivity contribution in [2.24, 2.45) is 0 Å². The molecule has 3 aliphatic heterocycles. The van der Waals surface area contributed by atoms with Crippen molar-refractivity contribution in [1.29, 1.82) is 0 Å². The van der Waals surface area contributed by atoms with Crippen molar-refractivity contribution < 1.29 is 32.2 Å². The number of fused-ring (bicyclic) bond motifs is 8. The van der Waals surface area contributed by atoms with Crippen LogP contribution in [0, 0.1) is 0 Å². The van der Waals surface area contributed by atoms with Crippen molar-refractivity contribution >= 4 is 16.1 Å². The first kappa shape index (κ1) is 25.0. The quantitative estimate of drug-likeness (QED) is 0.677. The molecule has 1 aromatic rings. The normalized spacial score (nSPS) is 30.7. The molecule has 0 spiro atoms. The van der Waals surface area contributed by atoms with Crippen molar-refractivity contribution in [3.8, 4) is 11.6 Å².